The van der Waals surface area contributed by atoms with E-state index in [-0.39, 0.29) is 11.9 Å². The van der Waals surface area contributed by atoms with Crippen molar-refractivity contribution in [1.29, 1.82) is 0 Å². The van der Waals surface area contributed by atoms with Gasteiger partial charge in [-0.1, -0.05) is 54.1 Å². The fraction of sp³-hybridized carbons (Fsp3) is 0.200. The van der Waals surface area contributed by atoms with Crippen LogP contribution in [-0.2, 0) is 0 Å². The maximum absolute atomic E-state index is 13.0. The van der Waals surface area contributed by atoms with Crippen LogP contribution in [0.15, 0.2) is 60.8 Å². The molecule has 0 spiro atoms. The number of rotatable bonds is 3. The van der Waals surface area contributed by atoms with Gasteiger partial charge in [0.2, 0.25) is 0 Å². The third-order valence-corrected chi connectivity index (χ3v) is 5.75. The minimum absolute atomic E-state index is 0.0576. The molecule has 1 fully saturated rings. The Kier molecular flexibility index (Phi) is 4.55. The van der Waals surface area contributed by atoms with Crippen molar-refractivity contribution in [1.82, 2.24) is 9.88 Å². The van der Waals surface area contributed by atoms with Gasteiger partial charge in [0.05, 0.1) is 12.2 Å². The molecule has 4 rings (SSSR count). The van der Waals surface area contributed by atoms with Gasteiger partial charge in [0, 0.05) is 17.1 Å². The average molecular weight is 369 g/mol. The van der Waals surface area contributed by atoms with Crippen LogP contribution in [-0.4, -0.2) is 22.3 Å². The molecule has 5 heteroatoms. The minimum atomic E-state index is 0.0576. The van der Waals surface area contributed by atoms with Gasteiger partial charge in [-0.2, -0.15) is 0 Å². The largest absolute Gasteiger partial charge is 0.331 e. The van der Waals surface area contributed by atoms with Crippen molar-refractivity contribution >= 4 is 28.8 Å². The Morgan fingerprint density at radius 2 is 2.00 bits per heavy atom. The first kappa shape index (κ1) is 16.3. The van der Waals surface area contributed by atoms with Crippen LogP contribution in [0.4, 0.5) is 0 Å². The normalized spacial score (nSPS) is 17.0. The van der Waals surface area contributed by atoms with E-state index in [9.17, 15) is 4.79 Å². The summed E-state index contributed by atoms with van der Waals surface area (Å²) in [5.41, 5.74) is 2.14. The molecule has 1 aliphatic heterocycles. The number of benzene rings is 2. The van der Waals surface area contributed by atoms with Crippen LogP contribution >= 0.6 is 22.9 Å². The standard InChI is InChI=1S/C20H17ClN2OS/c21-16-9-4-8-15(12-16)17-10-5-11-23(17)20(24)18-13-22-19(25-18)14-6-2-1-3-7-14/h1-4,6-9,12-13,17H,5,10-11H2/t17-/m1/s1. The van der Waals surface area contributed by atoms with Crippen molar-refractivity contribution in [3.63, 3.8) is 0 Å². The Morgan fingerprint density at radius 1 is 1.16 bits per heavy atom. The van der Waals surface area contributed by atoms with E-state index in [1.165, 1.54) is 11.3 Å². The third-order valence-electron chi connectivity index (χ3n) is 4.48. The molecular weight excluding hydrogens is 352 g/mol. The second-order valence-electron chi connectivity index (χ2n) is 6.11. The first-order chi connectivity index (χ1) is 12.2. The van der Waals surface area contributed by atoms with Gasteiger partial charge in [-0.3, -0.25) is 4.79 Å². The topological polar surface area (TPSA) is 33.2 Å². The Labute approximate surface area is 155 Å². The molecule has 2 heterocycles. The van der Waals surface area contributed by atoms with Gasteiger partial charge in [-0.25, -0.2) is 4.98 Å². The Hall–Kier alpha value is -2.17. The first-order valence-electron chi connectivity index (χ1n) is 8.30. The van der Waals surface area contributed by atoms with E-state index in [1.807, 2.05) is 59.5 Å². The molecule has 0 bridgehead atoms. The van der Waals surface area contributed by atoms with Crippen molar-refractivity contribution in [2.75, 3.05) is 6.54 Å². The summed E-state index contributed by atoms with van der Waals surface area (Å²) in [6, 6.07) is 17.9. The lowest BCUT2D eigenvalue weighted by molar-refractivity contribution is 0.0740. The Balaban J connectivity index is 1.59. The van der Waals surface area contributed by atoms with E-state index in [4.69, 9.17) is 11.6 Å². The zero-order chi connectivity index (χ0) is 17.2. The lowest BCUT2D eigenvalue weighted by atomic mass is 10.0. The van der Waals surface area contributed by atoms with Gasteiger partial charge in [0.25, 0.3) is 5.91 Å². The SMILES string of the molecule is O=C(c1cnc(-c2ccccc2)s1)N1CCC[C@@H]1c1cccc(Cl)c1. The lowest BCUT2D eigenvalue weighted by Crippen LogP contribution is -2.29. The predicted octanol–water partition coefficient (Wildman–Crippen LogP) is 5.44. The number of carbonyl (C=O) groups excluding carboxylic acids is 1. The van der Waals surface area contributed by atoms with Crippen LogP contribution < -0.4 is 0 Å². The molecule has 1 aliphatic rings. The molecule has 0 radical (unpaired) electrons. The number of amides is 1. The summed E-state index contributed by atoms with van der Waals surface area (Å²) in [4.78, 5) is 20.1. The number of aromatic nitrogens is 1. The summed E-state index contributed by atoms with van der Waals surface area (Å²) in [7, 11) is 0. The Morgan fingerprint density at radius 3 is 2.80 bits per heavy atom. The Bertz CT molecular complexity index is 893. The van der Waals surface area contributed by atoms with Crippen LogP contribution in [0.1, 0.15) is 34.1 Å². The smallest absolute Gasteiger partial charge is 0.266 e. The molecule has 2 aromatic carbocycles. The van der Waals surface area contributed by atoms with Gasteiger partial charge < -0.3 is 4.90 Å². The summed E-state index contributed by atoms with van der Waals surface area (Å²) in [6.45, 7) is 0.772. The zero-order valence-electron chi connectivity index (χ0n) is 13.6. The number of hydrogen-bond donors (Lipinski definition) is 0. The number of likely N-dealkylation sites (tertiary alicyclic amines) is 1. The lowest BCUT2D eigenvalue weighted by Gasteiger charge is -2.24. The summed E-state index contributed by atoms with van der Waals surface area (Å²) in [5, 5.41) is 1.59. The molecular formula is C20H17ClN2OS. The van der Waals surface area contributed by atoms with Crippen molar-refractivity contribution in [2.24, 2.45) is 0 Å². The average Bonchev–Trinajstić information content (AvgIpc) is 3.32. The van der Waals surface area contributed by atoms with E-state index in [0.717, 1.165) is 35.5 Å². The highest BCUT2D eigenvalue weighted by Gasteiger charge is 2.31. The van der Waals surface area contributed by atoms with E-state index in [0.29, 0.717) is 9.90 Å². The van der Waals surface area contributed by atoms with Crippen molar-refractivity contribution in [2.45, 2.75) is 18.9 Å². The molecule has 1 aromatic heterocycles. The van der Waals surface area contributed by atoms with E-state index in [2.05, 4.69) is 4.98 Å². The van der Waals surface area contributed by atoms with E-state index < -0.39 is 0 Å². The van der Waals surface area contributed by atoms with Crippen LogP contribution in [0.3, 0.4) is 0 Å². The number of nitrogens with zero attached hydrogens (tertiary/aromatic N) is 2. The van der Waals surface area contributed by atoms with Crippen LogP contribution in [0.25, 0.3) is 10.6 Å². The molecule has 3 aromatic rings. The molecule has 0 saturated carbocycles. The highest BCUT2D eigenvalue weighted by Crippen LogP contribution is 2.35. The molecule has 126 valence electrons. The predicted molar refractivity (Wildman–Crippen MR) is 102 cm³/mol. The quantitative estimate of drug-likeness (QED) is 0.616. The van der Waals surface area contributed by atoms with Crippen LogP contribution in [0, 0.1) is 0 Å². The summed E-state index contributed by atoms with van der Waals surface area (Å²) in [6.07, 6.45) is 3.67. The minimum Gasteiger partial charge on any atom is -0.331 e. The molecule has 1 atom stereocenters. The number of halogens is 1. The van der Waals surface area contributed by atoms with Gasteiger partial charge in [0.1, 0.15) is 9.88 Å². The molecule has 0 aliphatic carbocycles. The zero-order valence-corrected chi connectivity index (χ0v) is 15.1. The molecule has 0 unspecified atom stereocenters. The molecule has 1 amide bonds. The first-order valence-corrected chi connectivity index (χ1v) is 9.49. The summed E-state index contributed by atoms with van der Waals surface area (Å²) >= 11 is 7.58. The molecule has 0 N–H and O–H groups in total. The van der Waals surface area contributed by atoms with Crippen molar-refractivity contribution < 1.29 is 4.79 Å². The van der Waals surface area contributed by atoms with E-state index in [1.54, 1.807) is 6.20 Å². The van der Waals surface area contributed by atoms with Gasteiger partial charge in [-0.05, 0) is 30.5 Å². The molecule has 3 nitrogen and oxygen atoms in total. The van der Waals surface area contributed by atoms with Gasteiger partial charge >= 0.3 is 0 Å². The second kappa shape index (κ2) is 6.98. The maximum Gasteiger partial charge on any atom is 0.266 e. The third kappa shape index (κ3) is 3.32. The van der Waals surface area contributed by atoms with Crippen molar-refractivity contribution in [3.8, 4) is 10.6 Å². The van der Waals surface area contributed by atoms with Crippen LogP contribution in [0.5, 0.6) is 0 Å². The number of hydrogen-bond acceptors (Lipinski definition) is 3. The van der Waals surface area contributed by atoms with Crippen LogP contribution in [0.2, 0.25) is 5.02 Å². The van der Waals surface area contributed by atoms with Gasteiger partial charge in [0.15, 0.2) is 0 Å². The van der Waals surface area contributed by atoms with E-state index >= 15 is 0 Å². The maximum atomic E-state index is 13.0. The monoisotopic (exact) mass is 368 g/mol. The number of thiazole rings is 1. The summed E-state index contributed by atoms with van der Waals surface area (Å²) < 4.78 is 0. The van der Waals surface area contributed by atoms with Crippen molar-refractivity contribution in [3.05, 3.63) is 76.3 Å². The molecule has 1 saturated heterocycles. The fourth-order valence-electron chi connectivity index (χ4n) is 3.30. The number of carbonyl (C=O) groups is 1. The summed E-state index contributed by atoms with van der Waals surface area (Å²) in [5.74, 6) is 0.0576. The second-order valence-corrected chi connectivity index (χ2v) is 7.57. The highest BCUT2D eigenvalue weighted by atomic mass is 35.5. The highest BCUT2D eigenvalue weighted by molar-refractivity contribution is 7.16. The van der Waals surface area contributed by atoms with Gasteiger partial charge in [-0.15, -0.1) is 11.3 Å². The fourth-order valence-corrected chi connectivity index (χ4v) is 4.38. The molecule has 25 heavy (non-hydrogen) atoms.